The largest absolute Gasteiger partial charge is 0.435 e. The maximum Gasteiger partial charge on any atom is 0.435 e. The molecule has 1 amide bonds. The Hall–Kier alpha value is -3.34. The van der Waals surface area contributed by atoms with Crippen LogP contribution in [0.15, 0.2) is 24.3 Å². The zero-order chi connectivity index (χ0) is 24.1. The van der Waals surface area contributed by atoms with Crippen molar-refractivity contribution in [2.75, 3.05) is 12.3 Å². The van der Waals surface area contributed by atoms with Gasteiger partial charge in [-0.05, 0) is 44.5 Å². The number of fused-ring (bicyclic) bond motifs is 3. The van der Waals surface area contributed by atoms with Crippen molar-refractivity contribution in [3.63, 3.8) is 0 Å². The van der Waals surface area contributed by atoms with Gasteiger partial charge in [-0.25, -0.2) is 9.37 Å². The van der Waals surface area contributed by atoms with Gasteiger partial charge in [0, 0.05) is 23.6 Å². The lowest BCUT2D eigenvalue weighted by atomic mass is 9.99. The number of nitrogens with zero attached hydrogens (tertiary/aromatic N) is 4. The van der Waals surface area contributed by atoms with E-state index in [0.29, 0.717) is 16.5 Å². The molecule has 2 atom stereocenters. The first kappa shape index (κ1) is 22.8. The first-order valence-corrected chi connectivity index (χ1v) is 10.3. The Balaban J connectivity index is 1.72. The molecular weight excluding hydrogens is 442 g/mol. The van der Waals surface area contributed by atoms with Crippen molar-refractivity contribution in [1.82, 2.24) is 20.1 Å². The van der Waals surface area contributed by atoms with Gasteiger partial charge in [0.2, 0.25) is 0 Å². The number of rotatable bonds is 4. The second-order valence-electron chi connectivity index (χ2n) is 7.80. The summed E-state index contributed by atoms with van der Waals surface area (Å²) in [5.74, 6) is -1.16. The maximum absolute atomic E-state index is 15.0. The summed E-state index contributed by atoms with van der Waals surface area (Å²) in [7, 11) is 0. The number of nitrogen functional groups attached to an aromatic ring is 1. The summed E-state index contributed by atoms with van der Waals surface area (Å²) in [6.45, 7) is 5.52. The predicted molar refractivity (Wildman–Crippen MR) is 111 cm³/mol. The van der Waals surface area contributed by atoms with Crippen molar-refractivity contribution >= 4 is 22.6 Å². The Morgan fingerprint density at radius 1 is 1.30 bits per heavy atom. The third kappa shape index (κ3) is 3.97. The van der Waals surface area contributed by atoms with Gasteiger partial charge in [-0.15, -0.1) is 5.10 Å². The number of amides is 1. The minimum absolute atomic E-state index is 0.150. The van der Waals surface area contributed by atoms with Gasteiger partial charge >= 0.3 is 6.18 Å². The molecule has 0 saturated carbocycles. The Kier molecular flexibility index (Phi) is 5.69. The van der Waals surface area contributed by atoms with Crippen LogP contribution in [0.4, 0.5) is 23.4 Å². The van der Waals surface area contributed by atoms with Gasteiger partial charge in [-0.2, -0.15) is 18.3 Å². The van der Waals surface area contributed by atoms with E-state index >= 15 is 0 Å². The molecular formula is C22H21F4N5O2. The van der Waals surface area contributed by atoms with Crippen LogP contribution in [0.5, 0.6) is 0 Å². The van der Waals surface area contributed by atoms with Crippen molar-refractivity contribution < 1.29 is 27.1 Å². The highest BCUT2D eigenvalue weighted by atomic mass is 19.4. The average Bonchev–Trinajstić information content (AvgIpc) is 3.15. The van der Waals surface area contributed by atoms with Crippen molar-refractivity contribution in [2.24, 2.45) is 0 Å². The number of pyridine rings is 1. The lowest BCUT2D eigenvalue weighted by Crippen LogP contribution is -2.34. The molecule has 3 heterocycles. The molecule has 0 bridgehead atoms. The molecule has 0 saturated heterocycles. The fourth-order valence-corrected chi connectivity index (χ4v) is 4.08. The molecule has 0 radical (unpaired) electrons. The average molecular weight is 463 g/mol. The maximum atomic E-state index is 15.0. The zero-order valence-corrected chi connectivity index (χ0v) is 18.1. The molecule has 1 aromatic carbocycles. The van der Waals surface area contributed by atoms with Gasteiger partial charge in [-0.1, -0.05) is 0 Å². The third-order valence-electron chi connectivity index (χ3n) is 5.84. The van der Waals surface area contributed by atoms with Crippen LogP contribution in [0, 0.1) is 5.82 Å². The third-order valence-corrected chi connectivity index (χ3v) is 5.84. The smallest absolute Gasteiger partial charge is 0.383 e. The van der Waals surface area contributed by atoms with Crippen LogP contribution >= 0.6 is 0 Å². The summed E-state index contributed by atoms with van der Waals surface area (Å²) in [6.07, 6.45) is -4.89. The molecule has 4 rings (SSSR count). The summed E-state index contributed by atoms with van der Waals surface area (Å²) in [5.41, 5.74) is 6.62. The molecule has 0 fully saturated rings. The number of hydrogen-bond donors (Lipinski definition) is 1. The lowest BCUT2D eigenvalue weighted by molar-refractivity contribution is -0.141. The van der Waals surface area contributed by atoms with Gasteiger partial charge in [0.05, 0.1) is 35.5 Å². The van der Waals surface area contributed by atoms with E-state index in [4.69, 9.17) is 10.5 Å². The van der Waals surface area contributed by atoms with Crippen LogP contribution in [0.2, 0.25) is 0 Å². The fourth-order valence-electron chi connectivity index (χ4n) is 4.08. The van der Waals surface area contributed by atoms with Crippen LogP contribution in [0.3, 0.4) is 0 Å². The lowest BCUT2D eigenvalue weighted by Gasteiger charge is -2.28. The van der Waals surface area contributed by atoms with E-state index in [1.165, 1.54) is 11.0 Å². The Labute approximate surface area is 186 Å². The summed E-state index contributed by atoms with van der Waals surface area (Å²) in [6, 6.07) is 3.79. The molecule has 2 aromatic heterocycles. The first-order chi connectivity index (χ1) is 15.5. The van der Waals surface area contributed by atoms with E-state index in [9.17, 15) is 22.4 Å². The van der Waals surface area contributed by atoms with E-state index < -0.39 is 29.6 Å². The number of aromatic nitrogens is 3. The number of ether oxygens (including phenoxy) is 1. The standard InChI is InChI=1S/C22H21F4N5O2/c1-4-31(10(2)16-5-6-18(30-29-16)22(24,25)26)21(32)13-7-12-14-9-33-11(3)19(14)20(27)28-17(12)8-15(13)23/h5-8,10-11H,4,9H2,1-3H3,(H2,27,28)/t10-,11-/m1/s1. The molecule has 0 unspecified atom stereocenters. The van der Waals surface area contributed by atoms with E-state index in [1.807, 2.05) is 6.92 Å². The van der Waals surface area contributed by atoms with Gasteiger partial charge < -0.3 is 15.4 Å². The van der Waals surface area contributed by atoms with Crippen molar-refractivity contribution in [3.8, 4) is 0 Å². The molecule has 0 aliphatic carbocycles. The number of carbonyl (C=O) groups excluding carboxylic acids is 1. The molecule has 0 spiro atoms. The molecule has 1 aliphatic rings. The van der Waals surface area contributed by atoms with Crippen molar-refractivity contribution in [2.45, 2.75) is 45.7 Å². The normalized spacial score (nSPS) is 16.6. The SMILES string of the molecule is CCN(C(=O)c1cc2c3c(c(N)nc2cc1F)[C@@H](C)OC3)[C@H](C)c1ccc(C(F)(F)F)nn1. The Morgan fingerprint density at radius 2 is 2.03 bits per heavy atom. The zero-order valence-electron chi connectivity index (χ0n) is 18.1. The molecule has 3 aromatic rings. The number of benzene rings is 1. The van der Waals surface area contributed by atoms with Crippen LogP contribution in [-0.4, -0.2) is 32.5 Å². The van der Waals surface area contributed by atoms with Crippen LogP contribution in [-0.2, 0) is 17.5 Å². The topological polar surface area (TPSA) is 94.2 Å². The van der Waals surface area contributed by atoms with E-state index in [0.717, 1.165) is 23.8 Å². The van der Waals surface area contributed by atoms with Gasteiger partial charge in [0.25, 0.3) is 5.91 Å². The van der Waals surface area contributed by atoms with Crippen LogP contribution in [0.1, 0.15) is 65.8 Å². The quantitative estimate of drug-likeness (QED) is 0.570. The fraction of sp³-hybridized carbons (Fsp3) is 0.364. The monoisotopic (exact) mass is 463 g/mol. The first-order valence-electron chi connectivity index (χ1n) is 10.3. The number of carbonyl (C=O) groups is 1. The molecule has 7 nitrogen and oxygen atoms in total. The second-order valence-corrected chi connectivity index (χ2v) is 7.80. The molecule has 11 heteroatoms. The van der Waals surface area contributed by atoms with E-state index in [-0.39, 0.29) is 36.3 Å². The van der Waals surface area contributed by atoms with E-state index in [2.05, 4.69) is 15.2 Å². The number of nitrogens with two attached hydrogens (primary N) is 1. The highest BCUT2D eigenvalue weighted by molar-refractivity contribution is 5.99. The summed E-state index contributed by atoms with van der Waals surface area (Å²) < 4.78 is 58.9. The van der Waals surface area contributed by atoms with Crippen LogP contribution in [0.25, 0.3) is 10.9 Å². The van der Waals surface area contributed by atoms with Gasteiger partial charge in [-0.3, -0.25) is 4.79 Å². The summed E-state index contributed by atoms with van der Waals surface area (Å²) >= 11 is 0. The molecule has 1 aliphatic heterocycles. The summed E-state index contributed by atoms with van der Waals surface area (Å²) in [5, 5.41) is 7.40. The molecule has 33 heavy (non-hydrogen) atoms. The van der Waals surface area contributed by atoms with E-state index in [1.54, 1.807) is 13.8 Å². The highest BCUT2D eigenvalue weighted by Gasteiger charge is 2.34. The highest BCUT2D eigenvalue weighted by Crippen LogP contribution is 2.39. The summed E-state index contributed by atoms with van der Waals surface area (Å²) in [4.78, 5) is 18.9. The second kappa shape index (κ2) is 8.22. The van der Waals surface area contributed by atoms with Gasteiger partial charge in [0.15, 0.2) is 5.69 Å². The number of alkyl halides is 3. The van der Waals surface area contributed by atoms with Crippen LogP contribution < -0.4 is 5.73 Å². The predicted octanol–water partition coefficient (Wildman–Crippen LogP) is 4.58. The number of anilines is 1. The number of hydrogen-bond acceptors (Lipinski definition) is 6. The Bertz CT molecular complexity index is 1230. The minimum Gasteiger partial charge on any atom is -0.383 e. The van der Waals surface area contributed by atoms with Crippen molar-refractivity contribution in [1.29, 1.82) is 0 Å². The molecule has 2 N–H and O–H groups in total. The minimum atomic E-state index is -4.62. The molecule has 174 valence electrons. The number of halogens is 4. The Morgan fingerprint density at radius 3 is 2.64 bits per heavy atom. The van der Waals surface area contributed by atoms with Crippen molar-refractivity contribution in [3.05, 3.63) is 58.2 Å². The van der Waals surface area contributed by atoms with Gasteiger partial charge in [0.1, 0.15) is 11.6 Å².